The predicted octanol–water partition coefficient (Wildman–Crippen LogP) is 3.62. The van der Waals surface area contributed by atoms with Crippen molar-refractivity contribution in [1.29, 1.82) is 10.7 Å². The van der Waals surface area contributed by atoms with Gasteiger partial charge in [-0.05, 0) is 42.3 Å². The Morgan fingerprint density at radius 3 is 2.60 bits per heavy atom. The van der Waals surface area contributed by atoms with Crippen LogP contribution in [0.3, 0.4) is 0 Å². The highest BCUT2D eigenvalue weighted by Crippen LogP contribution is 2.39. The van der Waals surface area contributed by atoms with E-state index in [2.05, 4.69) is 16.0 Å². The summed E-state index contributed by atoms with van der Waals surface area (Å²) >= 11 is 0. The van der Waals surface area contributed by atoms with E-state index in [9.17, 15) is 5.26 Å². The summed E-state index contributed by atoms with van der Waals surface area (Å²) in [6.07, 6.45) is 0.730. The van der Waals surface area contributed by atoms with Crippen molar-refractivity contribution in [2.24, 2.45) is 0 Å². The van der Waals surface area contributed by atoms with Crippen LogP contribution in [-0.2, 0) is 13.0 Å². The minimum Gasteiger partial charge on any atom is -0.493 e. The number of pyridine rings is 1. The number of aromatic amines is 1. The summed E-state index contributed by atoms with van der Waals surface area (Å²) < 4.78 is 12.8. The molecule has 0 bridgehead atoms. The van der Waals surface area contributed by atoms with Crippen LogP contribution in [-0.4, -0.2) is 28.8 Å². The number of H-pyrrole nitrogens is 1. The monoisotopic (exact) mass is 397 g/mol. The normalized spacial score (nSPS) is 12.2. The molecule has 1 aliphatic heterocycles. The zero-order valence-corrected chi connectivity index (χ0v) is 16.6. The molecular formula is C23H19N5O2. The van der Waals surface area contributed by atoms with E-state index in [1.165, 1.54) is 0 Å². The number of nitriles is 1. The third kappa shape index (κ3) is 2.58. The van der Waals surface area contributed by atoms with Gasteiger partial charge in [0.05, 0.1) is 42.1 Å². The van der Waals surface area contributed by atoms with Crippen molar-refractivity contribution >= 4 is 11.0 Å². The van der Waals surface area contributed by atoms with Gasteiger partial charge in [-0.1, -0.05) is 12.1 Å². The average Bonchev–Trinajstić information content (AvgIpc) is 3.22. The van der Waals surface area contributed by atoms with Gasteiger partial charge in [0.1, 0.15) is 17.4 Å². The minimum atomic E-state index is 0.323. The van der Waals surface area contributed by atoms with Crippen molar-refractivity contribution in [2.75, 3.05) is 14.2 Å². The molecule has 0 amide bonds. The molecule has 0 spiro atoms. The van der Waals surface area contributed by atoms with E-state index in [1.807, 2.05) is 41.0 Å². The van der Waals surface area contributed by atoms with E-state index in [4.69, 9.17) is 14.9 Å². The van der Waals surface area contributed by atoms with Gasteiger partial charge in [-0.25, -0.2) is 4.98 Å². The van der Waals surface area contributed by atoms with E-state index < -0.39 is 0 Å². The van der Waals surface area contributed by atoms with Gasteiger partial charge in [0.2, 0.25) is 0 Å². The number of nitrogens with one attached hydrogen (secondary N) is 2. The van der Waals surface area contributed by atoms with Gasteiger partial charge in [-0.2, -0.15) is 5.26 Å². The first-order valence-electron chi connectivity index (χ1n) is 9.57. The third-order valence-electron chi connectivity index (χ3n) is 5.57. The average molecular weight is 397 g/mol. The Labute approximate surface area is 172 Å². The number of imidazole rings is 1. The molecule has 5 rings (SSSR count). The highest BCUT2D eigenvalue weighted by molar-refractivity contribution is 5.81. The SMILES string of the molecule is COc1cc2c(cc1OC)-c1c(C#N)cc(-c3nc4ccccc4[nH]3)c(=N)n1CC2. The van der Waals surface area contributed by atoms with E-state index in [0.29, 0.717) is 40.5 Å². The van der Waals surface area contributed by atoms with Crippen molar-refractivity contribution in [3.05, 3.63) is 59.1 Å². The number of nitrogens with zero attached hydrogens (tertiary/aromatic N) is 3. The topological polar surface area (TPSA) is 99.7 Å². The van der Waals surface area contributed by atoms with Crippen molar-refractivity contribution in [1.82, 2.24) is 14.5 Å². The summed E-state index contributed by atoms with van der Waals surface area (Å²) in [6.45, 7) is 0.597. The summed E-state index contributed by atoms with van der Waals surface area (Å²) in [7, 11) is 3.20. The molecule has 2 aromatic heterocycles. The zero-order valence-electron chi connectivity index (χ0n) is 16.6. The fraction of sp³-hybridized carbons (Fsp3) is 0.174. The number of hydrogen-bond donors (Lipinski definition) is 2. The molecule has 7 heteroatoms. The maximum absolute atomic E-state index is 9.94. The first-order chi connectivity index (χ1) is 14.6. The minimum absolute atomic E-state index is 0.323. The largest absolute Gasteiger partial charge is 0.493 e. The van der Waals surface area contributed by atoms with Crippen LogP contribution in [0, 0.1) is 16.7 Å². The molecule has 3 heterocycles. The van der Waals surface area contributed by atoms with Crippen LogP contribution in [0.4, 0.5) is 0 Å². The van der Waals surface area contributed by atoms with E-state index in [0.717, 1.165) is 34.3 Å². The quantitative estimate of drug-likeness (QED) is 0.551. The Kier molecular flexibility index (Phi) is 4.07. The maximum Gasteiger partial charge on any atom is 0.161 e. The van der Waals surface area contributed by atoms with E-state index in [-0.39, 0.29) is 0 Å². The molecule has 0 unspecified atom stereocenters. The number of ether oxygens (including phenoxy) is 2. The Bertz CT molecular complexity index is 1370. The van der Waals surface area contributed by atoms with Crippen LogP contribution >= 0.6 is 0 Å². The zero-order chi connectivity index (χ0) is 20.8. The molecule has 30 heavy (non-hydrogen) atoms. The van der Waals surface area contributed by atoms with Crippen molar-refractivity contribution in [3.63, 3.8) is 0 Å². The Balaban J connectivity index is 1.76. The van der Waals surface area contributed by atoms with Gasteiger partial charge >= 0.3 is 0 Å². The van der Waals surface area contributed by atoms with E-state index in [1.54, 1.807) is 20.3 Å². The summed E-state index contributed by atoms with van der Waals surface area (Å²) in [6, 6.07) is 15.6. The molecular weight excluding hydrogens is 378 g/mol. The number of rotatable bonds is 3. The number of para-hydroxylation sites is 2. The molecule has 4 aromatic rings. The number of aryl methyl sites for hydroxylation is 1. The molecule has 0 fully saturated rings. The first-order valence-corrected chi connectivity index (χ1v) is 9.57. The molecule has 7 nitrogen and oxygen atoms in total. The van der Waals surface area contributed by atoms with Gasteiger partial charge in [-0.15, -0.1) is 0 Å². The highest BCUT2D eigenvalue weighted by atomic mass is 16.5. The lowest BCUT2D eigenvalue weighted by Gasteiger charge is -2.25. The number of methoxy groups -OCH3 is 2. The lowest BCUT2D eigenvalue weighted by atomic mass is 9.93. The molecule has 2 aromatic carbocycles. The Morgan fingerprint density at radius 2 is 1.87 bits per heavy atom. The molecule has 0 saturated heterocycles. The number of hydrogen-bond acceptors (Lipinski definition) is 5. The fourth-order valence-electron chi connectivity index (χ4n) is 4.12. The van der Waals surface area contributed by atoms with Crippen molar-refractivity contribution < 1.29 is 9.47 Å². The van der Waals surface area contributed by atoms with E-state index >= 15 is 0 Å². The molecule has 0 atom stereocenters. The maximum atomic E-state index is 9.94. The lowest BCUT2D eigenvalue weighted by molar-refractivity contribution is 0.354. The molecule has 0 saturated carbocycles. The van der Waals surface area contributed by atoms with Crippen LogP contribution < -0.4 is 15.0 Å². The highest BCUT2D eigenvalue weighted by Gasteiger charge is 2.24. The Morgan fingerprint density at radius 1 is 1.10 bits per heavy atom. The molecule has 2 N–H and O–H groups in total. The summed E-state index contributed by atoms with van der Waals surface area (Å²) in [4.78, 5) is 7.90. The summed E-state index contributed by atoms with van der Waals surface area (Å²) in [5.74, 6) is 1.85. The second kappa shape index (κ2) is 6.78. The molecule has 0 aliphatic carbocycles. The third-order valence-corrected chi connectivity index (χ3v) is 5.57. The Hall–Kier alpha value is -4.05. The number of aromatic nitrogens is 3. The van der Waals surface area contributed by atoms with Gasteiger partial charge in [-0.3, -0.25) is 5.41 Å². The van der Waals surface area contributed by atoms with Gasteiger partial charge in [0.25, 0.3) is 0 Å². The van der Waals surface area contributed by atoms with Crippen LogP contribution in [0.25, 0.3) is 33.7 Å². The van der Waals surface area contributed by atoms with Gasteiger partial charge in [0.15, 0.2) is 11.5 Å². The fourth-order valence-corrected chi connectivity index (χ4v) is 4.12. The summed E-state index contributed by atoms with van der Waals surface area (Å²) in [5.41, 5.74) is 5.84. The number of benzene rings is 2. The van der Waals surface area contributed by atoms with Crippen LogP contribution in [0.2, 0.25) is 0 Å². The second-order valence-corrected chi connectivity index (χ2v) is 7.15. The van der Waals surface area contributed by atoms with Crippen LogP contribution in [0.15, 0.2) is 42.5 Å². The molecule has 1 aliphatic rings. The molecule has 148 valence electrons. The molecule has 0 radical (unpaired) electrons. The summed E-state index contributed by atoms with van der Waals surface area (Å²) in [5, 5.41) is 18.8. The van der Waals surface area contributed by atoms with Gasteiger partial charge in [0, 0.05) is 12.1 Å². The van der Waals surface area contributed by atoms with Crippen molar-refractivity contribution in [2.45, 2.75) is 13.0 Å². The van der Waals surface area contributed by atoms with Crippen molar-refractivity contribution in [3.8, 4) is 40.2 Å². The first kappa shape index (κ1) is 18.0. The van der Waals surface area contributed by atoms with Gasteiger partial charge < -0.3 is 19.0 Å². The number of fused-ring (bicyclic) bond motifs is 4. The smallest absolute Gasteiger partial charge is 0.161 e. The van der Waals surface area contributed by atoms with Crippen LogP contribution in [0.5, 0.6) is 11.5 Å². The standard InChI is InChI=1S/C23H19N5O2/c1-29-19-10-13-7-8-28-21(15(13)11-20(19)30-2)14(12-24)9-16(22(28)25)23-26-17-5-3-4-6-18(17)27-23/h3-6,9-11,25H,7-8H2,1-2H3,(H,26,27). The second-order valence-electron chi connectivity index (χ2n) is 7.15. The lowest BCUT2D eigenvalue weighted by Crippen LogP contribution is -2.28. The predicted molar refractivity (Wildman–Crippen MR) is 112 cm³/mol. The van der Waals surface area contributed by atoms with Crippen LogP contribution in [0.1, 0.15) is 11.1 Å².